The highest BCUT2D eigenvalue weighted by Crippen LogP contribution is 2.34. The number of halogens is 5. The molecule has 2 N–H and O–H groups in total. The molecule has 2 atom stereocenters. The second-order valence-corrected chi connectivity index (χ2v) is 8.32. The molecule has 9 heteroatoms. The van der Waals surface area contributed by atoms with Gasteiger partial charge in [0.2, 0.25) is 5.91 Å². The molecule has 0 bridgehead atoms. The highest BCUT2D eigenvalue weighted by molar-refractivity contribution is 5.82. The van der Waals surface area contributed by atoms with Crippen LogP contribution in [0.4, 0.5) is 22.0 Å². The zero-order valence-corrected chi connectivity index (χ0v) is 19.8. The first-order valence-electron chi connectivity index (χ1n) is 11.3. The Morgan fingerprint density at radius 3 is 2.14 bits per heavy atom. The molecular weight excluding hydrogens is 479 g/mol. The van der Waals surface area contributed by atoms with Crippen molar-refractivity contribution in [2.75, 3.05) is 13.6 Å². The Morgan fingerprint density at radius 2 is 1.56 bits per heavy atom. The summed E-state index contributed by atoms with van der Waals surface area (Å²) in [4.78, 5) is 12.5. The van der Waals surface area contributed by atoms with Gasteiger partial charge in [0.05, 0.1) is 5.56 Å². The van der Waals surface area contributed by atoms with E-state index in [9.17, 15) is 26.7 Å². The van der Waals surface area contributed by atoms with Crippen molar-refractivity contribution in [2.45, 2.75) is 38.1 Å². The van der Waals surface area contributed by atoms with Gasteiger partial charge in [-0.25, -0.2) is 0 Å². The van der Waals surface area contributed by atoms with Gasteiger partial charge in [0.1, 0.15) is 11.8 Å². The molecule has 0 spiro atoms. The predicted octanol–water partition coefficient (Wildman–Crippen LogP) is 6.21. The molecule has 0 aromatic heterocycles. The summed E-state index contributed by atoms with van der Waals surface area (Å²) < 4.78 is 69.2. The van der Waals surface area contributed by atoms with Crippen LogP contribution in [0.3, 0.4) is 0 Å². The van der Waals surface area contributed by atoms with Gasteiger partial charge in [0.25, 0.3) is 0 Å². The Hall–Kier alpha value is -3.46. The third kappa shape index (κ3) is 7.27. The molecule has 3 rings (SSSR count). The first-order valence-corrected chi connectivity index (χ1v) is 11.3. The van der Waals surface area contributed by atoms with Crippen molar-refractivity contribution in [1.29, 1.82) is 0 Å². The van der Waals surface area contributed by atoms with E-state index in [-0.39, 0.29) is 11.7 Å². The van der Waals surface area contributed by atoms with Crippen LogP contribution in [0.2, 0.25) is 0 Å². The van der Waals surface area contributed by atoms with Gasteiger partial charge in [-0.3, -0.25) is 4.79 Å². The molecule has 0 saturated heterocycles. The molecule has 0 fully saturated rings. The van der Waals surface area contributed by atoms with Crippen molar-refractivity contribution >= 4 is 5.91 Å². The van der Waals surface area contributed by atoms with Crippen LogP contribution in [0.15, 0.2) is 72.8 Å². The number of hydrogen-bond donors (Lipinski definition) is 2. The first kappa shape index (κ1) is 27.1. The van der Waals surface area contributed by atoms with Crippen LogP contribution in [0, 0.1) is 6.92 Å². The van der Waals surface area contributed by atoms with Crippen LogP contribution in [-0.2, 0) is 11.0 Å². The van der Waals surface area contributed by atoms with Crippen LogP contribution in [0.25, 0.3) is 0 Å². The summed E-state index contributed by atoms with van der Waals surface area (Å²) in [6, 6.07) is 17.7. The molecule has 0 heterocycles. The SMILES string of the molecule is CNC(=O)[C@H](NCC[C@@H](c1ccc(C(F)(F)F)cc1)c1cccc(OC(F)F)c1)c1ccc(C)cc1. The molecule has 4 nitrogen and oxygen atoms in total. The lowest BCUT2D eigenvalue weighted by molar-refractivity contribution is -0.137. The Bertz CT molecular complexity index is 1130. The van der Waals surface area contributed by atoms with Gasteiger partial charge >= 0.3 is 12.8 Å². The monoisotopic (exact) mass is 506 g/mol. The van der Waals surface area contributed by atoms with Gasteiger partial charge in [-0.1, -0.05) is 54.1 Å². The average molecular weight is 507 g/mol. The molecular formula is C27H27F5N2O2. The largest absolute Gasteiger partial charge is 0.435 e. The quantitative estimate of drug-likeness (QED) is 0.321. The van der Waals surface area contributed by atoms with E-state index in [0.717, 1.165) is 23.3 Å². The first-order chi connectivity index (χ1) is 17.1. The van der Waals surface area contributed by atoms with Crippen LogP contribution < -0.4 is 15.4 Å². The van der Waals surface area contributed by atoms with Crippen molar-refractivity contribution in [1.82, 2.24) is 10.6 Å². The van der Waals surface area contributed by atoms with Gasteiger partial charge in [-0.05, 0) is 60.8 Å². The fourth-order valence-electron chi connectivity index (χ4n) is 3.97. The lowest BCUT2D eigenvalue weighted by Gasteiger charge is -2.23. The van der Waals surface area contributed by atoms with E-state index in [1.807, 2.05) is 31.2 Å². The third-order valence-corrected chi connectivity index (χ3v) is 5.83. The normalized spacial score (nSPS) is 13.3. The van der Waals surface area contributed by atoms with Gasteiger partial charge in [0.15, 0.2) is 0 Å². The minimum atomic E-state index is -4.48. The summed E-state index contributed by atoms with van der Waals surface area (Å²) in [6.07, 6.45) is -4.10. The van der Waals surface area contributed by atoms with Gasteiger partial charge < -0.3 is 15.4 Å². The topological polar surface area (TPSA) is 50.4 Å². The number of carbonyl (C=O) groups excluding carboxylic acids is 1. The second-order valence-electron chi connectivity index (χ2n) is 8.32. The van der Waals surface area contributed by atoms with Crippen LogP contribution >= 0.6 is 0 Å². The second kappa shape index (κ2) is 12.0. The van der Waals surface area contributed by atoms with Crippen molar-refractivity contribution in [3.63, 3.8) is 0 Å². The zero-order valence-electron chi connectivity index (χ0n) is 19.8. The summed E-state index contributed by atoms with van der Waals surface area (Å²) >= 11 is 0. The number of aryl methyl sites for hydroxylation is 1. The number of carbonyl (C=O) groups is 1. The maximum Gasteiger partial charge on any atom is 0.416 e. The van der Waals surface area contributed by atoms with E-state index in [4.69, 9.17) is 0 Å². The maximum absolute atomic E-state index is 13.1. The fourth-order valence-corrected chi connectivity index (χ4v) is 3.97. The fraction of sp³-hybridized carbons (Fsp3) is 0.296. The van der Waals surface area contributed by atoms with Crippen LogP contribution in [0.1, 0.15) is 46.2 Å². The summed E-state index contributed by atoms with van der Waals surface area (Å²) in [6.45, 7) is -0.751. The Morgan fingerprint density at radius 1 is 0.917 bits per heavy atom. The number of hydrogen-bond acceptors (Lipinski definition) is 3. The number of amides is 1. The number of nitrogens with one attached hydrogen (secondary N) is 2. The molecule has 1 amide bonds. The minimum absolute atomic E-state index is 0.0461. The summed E-state index contributed by atoms with van der Waals surface area (Å²) in [5.41, 5.74) is 2.20. The van der Waals surface area contributed by atoms with E-state index in [1.165, 1.54) is 31.3 Å². The van der Waals surface area contributed by atoms with Crippen LogP contribution in [0.5, 0.6) is 5.75 Å². The highest BCUT2D eigenvalue weighted by Gasteiger charge is 2.30. The van der Waals surface area contributed by atoms with E-state index in [1.54, 1.807) is 12.1 Å². The van der Waals surface area contributed by atoms with Crippen molar-refractivity contribution < 1.29 is 31.5 Å². The molecule has 36 heavy (non-hydrogen) atoms. The smallest absolute Gasteiger partial charge is 0.416 e. The van der Waals surface area contributed by atoms with Gasteiger partial charge in [0, 0.05) is 13.0 Å². The maximum atomic E-state index is 13.1. The van der Waals surface area contributed by atoms with Crippen molar-refractivity contribution in [2.24, 2.45) is 0 Å². The molecule has 3 aromatic carbocycles. The Balaban J connectivity index is 1.86. The molecule has 0 unspecified atom stereocenters. The summed E-state index contributed by atoms with van der Waals surface area (Å²) in [7, 11) is 1.53. The molecule has 0 aliphatic heterocycles. The third-order valence-electron chi connectivity index (χ3n) is 5.83. The molecule has 0 aliphatic rings. The molecule has 0 radical (unpaired) electrons. The lowest BCUT2D eigenvalue weighted by atomic mass is 9.87. The van der Waals surface area contributed by atoms with Crippen LogP contribution in [-0.4, -0.2) is 26.1 Å². The molecule has 0 aliphatic carbocycles. The van der Waals surface area contributed by atoms with E-state index < -0.39 is 30.3 Å². The predicted molar refractivity (Wildman–Crippen MR) is 127 cm³/mol. The number of benzene rings is 3. The number of ether oxygens (including phenoxy) is 1. The standard InChI is InChI=1S/C27H27F5N2O2/c1-17-6-8-19(9-7-17)24(25(35)33-2)34-15-14-23(18-10-12-21(13-11-18)27(30,31)32)20-4-3-5-22(16-20)36-26(28)29/h3-13,16,23-24,26,34H,14-15H2,1-2H3,(H,33,35)/t23-,24+/m0/s1. The minimum Gasteiger partial charge on any atom is -0.435 e. The molecule has 3 aromatic rings. The van der Waals surface area contributed by atoms with E-state index in [0.29, 0.717) is 24.1 Å². The average Bonchev–Trinajstić information content (AvgIpc) is 2.84. The number of rotatable bonds is 10. The summed E-state index contributed by atoms with van der Waals surface area (Å²) in [5, 5.41) is 5.85. The number of alkyl halides is 5. The number of likely N-dealkylation sites (N-methyl/N-ethyl adjacent to an activating group) is 1. The summed E-state index contributed by atoms with van der Waals surface area (Å²) in [5.74, 6) is -0.725. The van der Waals surface area contributed by atoms with Crippen molar-refractivity contribution in [3.8, 4) is 5.75 Å². The highest BCUT2D eigenvalue weighted by atomic mass is 19.4. The Kier molecular flexibility index (Phi) is 9.03. The van der Waals surface area contributed by atoms with E-state index >= 15 is 0 Å². The molecule has 192 valence electrons. The van der Waals surface area contributed by atoms with Gasteiger partial charge in [-0.15, -0.1) is 0 Å². The zero-order chi connectivity index (χ0) is 26.3. The Labute approximate surface area is 206 Å². The van der Waals surface area contributed by atoms with E-state index in [2.05, 4.69) is 15.4 Å². The lowest BCUT2D eigenvalue weighted by Crippen LogP contribution is -2.36. The molecule has 0 saturated carbocycles. The van der Waals surface area contributed by atoms with Crippen molar-refractivity contribution in [3.05, 3.63) is 101 Å². The van der Waals surface area contributed by atoms with Gasteiger partial charge in [-0.2, -0.15) is 22.0 Å².